The molecular weight excluding hydrogens is 311 g/mol. The van der Waals surface area contributed by atoms with E-state index in [4.69, 9.17) is 4.74 Å². The minimum absolute atomic E-state index is 0.334. The van der Waals surface area contributed by atoms with Gasteiger partial charge in [-0.1, -0.05) is 12.8 Å². The summed E-state index contributed by atoms with van der Waals surface area (Å²) in [5.74, 6) is -0.497. The molecule has 134 valence electrons. The highest BCUT2D eigenvalue weighted by Gasteiger charge is 2.46. The minimum Gasteiger partial charge on any atom is -0.380 e. The van der Waals surface area contributed by atoms with Crippen LogP contribution in [0.15, 0.2) is 0 Å². The summed E-state index contributed by atoms with van der Waals surface area (Å²) in [7, 11) is 0. The first-order valence-electron chi connectivity index (χ1n) is 8.38. The van der Waals surface area contributed by atoms with Gasteiger partial charge in [0.2, 0.25) is 0 Å². The number of rotatable bonds is 5. The summed E-state index contributed by atoms with van der Waals surface area (Å²) in [4.78, 5) is 13.9. The topological polar surface area (TPSA) is 53.6 Å². The van der Waals surface area contributed by atoms with Gasteiger partial charge in [-0.05, 0) is 25.2 Å². The van der Waals surface area contributed by atoms with Crippen LogP contribution in [0.3, 0.4) is 0 Å². The molecular formula is C15H26F3N3O2. The Morgan fingerprint density at radius 2 is 1.91 bits per heavy atom. The number of hydrogen-bond acceptors (Lipinski definition) is 3. The predicted molar refractivity (Wildman–Crippen MR) is 80.2 cm³/mol. The van der Waals surface area contributed by atoms with Gasteiger partial charge in [0.05, 0.1) is 6.61 Å². The van der Waals surface area contributed by atoms with E-state index in [9.17, 15) is 18.0 Å². The fourth-order valence-corrected chi connectivity index (χ4v) is 3.30. The largest absolute Gasteiger partial charge is 0.408 e. The zero-order valence-electron chi connectivity index (χ0n) is 13.3. The molecule has 0 aromatic heterocycles. The Hall–Kier alpha value is -1.02. The second-order valence-corrected chi connectivity index (χ2v) is 6.27. The molecule has 1 aliphatic heterocycles. The number of nitrogens with one attached hydrogen (secondary N) is 2. The van der Waals surface area contributed by atoms with E-state index in [1.165, 1.54) is 0 Å². The van der Waals surface area contributed by atoms with E-state index in [0.717, 1.165) is 39.0 Å². The number of urea groups is 1. The number of halogens is 3. The summed E-state index contributed by atoms with van der Waals surface area (Å²) < 4.78 is 44.7. The molecule has 1 aliphatic carbocycles. The van der Waals surface area contributed by atoms with Gasteiger partial charge >= 0.3 is 12.2 Å². The Morgan fingerprint density at radius 3 is 2.61 bits per heavy atom. The summed E-state index contributed by atoms with van der Waals surface area (Å²) in [5, 5.41) is 4.67. The average Bonchev–Trinajstić information content (AvgIpc) is 2.88. The van der Waals surface area contributed by atoms with Crippen molar-refractivity contribution in [1.29, 1.82) is 0 Å². The van der Waals surface area contributed by atoms with Crippen molar-refractivity contribution in [3.05, 3.63) is 0 Å². The third-order valence-electron chi connectivity index (χ3n) is 4.54. The van der Waals surface area contributed by atoms with Crippen molar-refractivity contribution in [3.63, 3.8) is 0 Å². The third-order valence-corrected chi connectivity index (χ3v) is 4.54. The van der Waals surface area contributed by atoms with Gasteiger partial charge < -0.3 is 15.4 Å². The highest BCUT2D eigenvalue weighted by molar-refractivity contribution is 5.74. The Morgan fingerprint density at radius 1 is 1.17 bits per heavy atom. The molecule has 0 unspecified atom stereocenters. The summed E-state index contributed by atoms with van der Waals surface area (Å²) >= 11 is 0. The molecule has 1 heterocycles. The molecule has 0 spiro atoms. The van der Waals surface area contributed by atoms with Gasteiger partial charge in [-0.15, -0.1) is 0 Å². The van der Waals surface area contributed by atoms with Gasteiger partial charge in [0, 0.05) is 32.8 Å². The first-order chi connectivity index (χ1) is 11.0. The maximum atomic E-state index is 13.1. The summed E-state index contributed by atoms with van der Waals surface area (Å²) in [5.41, 5.74) is 0. The van der Waals surface area contributed by atoms with Crippen molar-refractivity contribution in [2.24, 2.45) is 5.92 Å². The predicted octanol–water partition coefficient (Wildman–Crippen LogP) is 2.13. The van der Waals surface area contributed by atoms with Gasteiger partial charge in [0.15, 0.2) is 0 Å². The van der Waals surface area contributed by atoms with Crippen LogP contribution in [-0.2, 0) is 4.74 Å². The van der Waals surface area contributed by atoms with Gasteiger partial charge in [-0.3, -0.25) is 4.90 Å². The standard InChI is InChI=1S/C15H26F3N3O2/c16-15(17,18)13(12-4-1-2-5-12)20-14(22)19-6-8-21-7-3-10-23-11-9-21/h12-13H,1-11H2,(H2,19,20,22)/t13-/m0/s1. The van der Waals surface area contributed by atoms with Crippen molar-refractivity contribution in [2.75, 3.05) is 39.4 Å². The molecule has 1 atom stereocenters. The Bertz CT molecular complexity index is 365. The number of hydrogen-bond donors (Lipinski definition) is 2. The van der Waals surface area contributed by atoms with Crippen LogP contribution in [0.25, 0.3) is 0 Å². The lowest BCUT2D eigenvalue weighted by Crippen LogP contribution is -2.53. The second-order valence-electron chi connectivity index (χ2n) is 6.27. The second kappa shape index (κ2) is 8.73. The fourth-order valence-electron chi connectivity index (χ4n) is 3.30. The summed E-state index contributed by atoms with van der Waals surface area (Å²) in [6.07, 6.45) is -0.801. The number of ether oxygens (including phenoxy) is 1. The van der Waals surface area contributed by atoms with Gasteiger partial charge in [-0.2, -0.15) is 13.2 Å². The summed E-state index contributed by atoms with van der Waals surface area (Å²) in [6, 6.07) is -2.47. The van der Waals surface area contributed by atoms with E-state index in [1.54, 1.807) is 0 Å². The van der Waals surface area contributed by atoms with Crippen LogP contribution in [0.2, 0.25) is 0 Å². The Kier molecular flexibility index (Phi) is 6.95. The highest BCUT2D eigenvalue weighted by atomic mass is 19.4. The van der Waals surface area contributed by atoms with Crippen LogP contribution >= 0.6 is 0 Å². The third kappa shape index (κ3) is 6.18. The van der Waals surface area contributed by atoms with E-state index in [2.05, 4.69) is 15.5 Å². The van der Waals surface area contributed by atoms with E-state index >= 15 is 0 Å². The zero-order valence-corrected chi connectivity index (χ0v) is 13.3. The van der Waals surface area contributed by atoms with Crippen LogP contribution in [0, 0.1) is 5.92 Å². The quantitative estimate of drug-likeness (QED) is 0.808. The van der Waals surface area contributed by atoms with Crippen LogP contribution in [0.5, 0.6) is 0 Å². The van der Waals surface area contributed by atoms with Crippen LogP contribution in [0.1, 0.15) is 32.1 Å². The lowest BCUT2D eigenvalue weighted by Gasteiger charge is -2.27. The molecule has 0 aromatic rings. The molecule has 23 heavy (non-hydrogen) atoms. The van der Waals surface area contributed by atoms with E-state index in [0.29, 0.717) is 32.5 Å². The zero-order chi connectivity index (χ0) is 16.7. The average molecular weight is 337 g/mol. The maximum absolute atomic E-state index is 13.1. The van der Waals surface area contributed by atoms with Crippen LogP contribution < -0.4 is 10.6 Å². The molecule has 2 aliphatic rings. The van der Waals surface area contributed by atoms with Crippen molar-refractivity contribution in [1.82, 2.24) is 15.5 Å². The molecule has 1 saturated heterocycles. The van der Waals surface area contributed by atoms with Gasteiger partial charge in [0.25, 0.3) is 0 Å². The first kappa shape index (κ1) is 18.3. The first-order valence-corrected chi connectivity index (χ1v) is 8.38. The van der Waals surface area contributed by atoms with Crippen molar-refractivity contribution >= 4 is 6.03 Å². The minimum atomic E-state index is -4.39. The fraction of sp³-hybridized carbons (Fsp3) is 0.933. The van der Waals surface area contributed by atoms with Gasteiger partial charge in [-0.25, -0.2) is 4.79 Å². The number of nitrogens with zero attached hydrogens (tertiary/aromatic N) is 1. The monoisotopic (exact) mass is 337 g/mol. The molecule has 2 amide bonds. The molecule has 2 rings (SSSR count). The number of amides is 2. The highest BCUT2D eigenvalue weighted by Crippen LogP contribution is 2.35. The smallest absolute Gasteiger partial charge is 0.380 e. The molecule has 0 aromatic carbocycles. The molecule has 0 bridgehead atoms. The van der Waals surface area contributed by atoms with Crippen molar-refractivity contribution < 1.29 is 22.7 Å². The van der Waals surface area contributed by atoms with E-state index < -0.39 is 24.2 Å². The SMILES string of the molecule is O=C(NCCN1CCCOCC1)N[C@@H](C1CCCC1)C(F)(F)F. The van der Waals surface area contributed by atoms with Crippen molar-refractivity contribution in [3.8, 4) is 0 Å². The van der Waals surface area contributed by atoms with Crippen LogP contribution in [-0.4, -0.2) is 62.5 Å². The number of carbonyl (C=O) groups excluding carboxylic acids is 1. The lowest BCUT2D eigenvalue weighted by molar-refractivity contribution is -0.164. The molecule has 2 fully saturated rings. The van der Waals surface area contributed by atoms with E-state index in [1.807, 2.05) is 0 Å². The van der Waals surface area contributed by atoms with Gasteiger partial charge in [0.1, 0.15) is 6.04 Å². The Balaban J connectivity index is 1.73. The van der Waals surface area contributed by atoms with E-state index in [-0.39, 0.29) is 0 Å². The summed E-state index contributed by atoms with van der Waals surface area (Å²) in [6.45, 7) is 4.02. The molecule has 1 saturated carbocycles. The molecule has 2 N–H and O–H groups in total. The number of carbonyl (C=O) groups is 1. The Labute approximate surface area is 134 Å². The normalized spacial score (nSPS) is 22.6. The maximum Gasteiger partial charge on any atom is 0.408 e. The molecule has 8 heteroatoms. The van der Waals surface area contributed by atoms with Crippen molar-refractivity contribution in [2.45, 2.75) is 44.3 Å². The lowest BCUT2D eigenvalue weighted by atomic mass is 9.98. The molecule has 5 nitrogen and oxygen atoms in total. The van der Waals surface area contributed by atoms with Crippen LogP contribution in [0.4, 0.5) is 18.0 Å². The molecule has 0 radical (unpaired) electrons. The number of alkyl halides is 3.